The minimum Gasteiger partial charge on any atom is -0.324 e. The van der Waals surface area contributed by atoms with Crippen LogP contribution in [0.25, 0.3) is 22.4 Å². The summed E-state index contributed by atoms with van der Waals surface area (Å²) in [7, 11) is 0. The molecule has 0 N–H and O–H groups in total. The van der Waals surface area contributed by atoms with Crippen molar-refractivity contribution in [2.45, 2.75) is 26.8 Å². The number of para-hydroxylation sites is 2. The highest BCUT2D eigenvalue weighted by molar-refractivity contribution is 6.30. The quantitative estimate of drug-likeness (QED) is 0.630. The molecule has 0 spiro atoms. The average Bonchev–Trinajstić information content (AvgIpc) is 2.86. The Kier molecular flexibility index (Phi) is 3.98. The molecule has 0 aliphatic carbocycles. The van der Waals surface area contributed by atoms with Crippen molar-refractivity contribution in [2.75, 3.05) is 0 Å². The molecule has 3 heteroatoms. The van der Waals surface area contributed by atoms with E-state index < -0.39 is 0 Å². The van der Waals surface area contributed by atoms with Crippen LogP contribution in [0.5, 0.6) is 0 Å². The summed E-state index contributed by atoms with van der Waals surface area (Å²) in [5.74, 6) is 1.61. The third-order valence-electron chi connectivity index (χ3n) is 3.93. The van der Waals surface area contributed by atoms with Gasteiger partial charge >= 0.3 is 0 Å². The minimum absolute atomic E-state index is 0.612. The first-order valence-corrected chi connectivity index (χ1v) is 7.78. The summed E-state index contributed by atoms with van der Waals surface area (Å²) in [6.45, 7) is 5.47. The van der Waals surface area contributed by atoms with Crippen LogP contribution < -0.4 is 0 Å². The smallest absolute Gasteiger partial charge is 0.141 e. The molecule has 0 saturated heterocycles. The zero-order chi connectivity index (χ0) is 14.8. The second-order valence-corrected chi connectivity index (χ2v) is 5.99. The Bertz CT molecular complexity index is 761. The summed E-state index contributed by atoms with van der Waals surface area (Å²) in [4.78, 5) is 4.82. The molecule has 0 aliphatic heterocycles. The van der Waals surface area contributed by atoms with E-state index in [1.165, 1.54) is 5.52 Å². The summed E-state index contributed by atoms with van der Waals surface area (Å²) in [5, 5.41) is 0.745. The van der Waals surface area contributed by atoms with Gasteiger partial charge < -0.3 is 4.57 Å². The van der Waals surface area contributed by atoms with E-state index in [0.717, 1.165) is 34.9 Å². The zero-order valence-electron chi connectivity index (χ0n) is 12.4. The maximum atomic E-state index is 6.14. The van der Waals surface area contributed by atoms with Crippen LogP contribution in [-0.4, -0.2) is 9.55 Å². The fourth-order valence-corrected chi connectivity index (χ4v) is 2.74. The molecule has 1 unspecified atom stereocenters. The van der Waals surface area contributed by atoms with Crippen molar-refractivity contribution < 1.29 is 0 Å². The van der Waals surface area contributed by atoms with Gasteiger partial charge in [0.15, 0.2) is 0 Å². The first kappa shape index (κ1) is 14.2. The molecular weight excluding hydrogens is 280 g/mol. The van der Waals surface area contributed by atoms with E-state index >= 15 is 0 Å². The fraction of sp³-hybridized carbons (Fsp3) is 0.278. The number of fused-ring (bicyclic) bond motifs is 1. The van der Waals surface area contributed by atoms with Gasteiger partial charge in [0.05, 0.1) is 11.0 Å². The molecule has 2 aromatic carbocycles. The van der Waals surface area contributed by atoms with Crippen molar-refractivity contribution in [3.8, 4) is 11.4 Å². The molecule has 0 bridgehead atoms. The van der Waals surface area contributed by atoms with Gasteiger partial charge in [-0.2, -0.15) is 0 Å². The highest BCUT2D eigenvalue weighted by Gasteiger charge is 2.14. The first-order chi connectivity index (χ1) is 10.2. The van der Waals surface area contributed by atoms with Crippen LogP contribution in [-0.2, 0) is 6.54 Å². The Morgan fingerprint density at radius 3 is 2.71 bits per heavy atom. The average molecular weight is 299 g/mol. The van der Waals surface area contributed by atoms with E-state index in [0.29, 0.717) is 5.92 Å². The van der Waals surface area contributed by atoms with Gasteiger partial charge in [-0.3, -0.25) is 0 Å². The van der Waals surface area contributed by atoms with Gasteiger partial charge in [0.2, 0.25) is 0 Å². The summed E-state index contributed by atoms with van der Waals surface area (Å²) in [6, 6.07) is 16.2. The Morgan fingerprint density at radius 2 is 1.95 bits per heavy atom. The number of hydrogen-bond donors (Lipinski definition) is 0. The van der Waals surface area contributed by atoms with Crippen molar-refractivity contribution in [3.05, 3.63) is 53.6 Å². The summed E-state index contributed by atoms with van der Waals surface area (Å²) in [6.07, 6.45) is 1.15. The topological polar surface area (TPSA) is 17.8 Å². The van der Waals surface area contributed by atoms with Gasteiger partial charge in [-0.1, -0.05) is 56.1 Å². The van der Waals surface area contributed by atoms with Crippen LogP contribution >= 0.6 is 11.6 Å². The maximum Gasteiger partial charge on any atom is 0.141 e. The zero-order valence-corrected chi connectivity index (χ0v) is 13.1. The number of aromatic nitrogens is 2. The lowest BCUT2D eigenvalue weighted by Crippen LogP contribution is -2.08. The van der Waals surface area contributed by atoms with Crippen molar-refractivity contribution in [3.63, 3.8) is 0 Å². The summed E-state index contributed by atoms with van der Waals surface area (Å²) >= 11 is 6.14. The molecule has 1 aromatic heterocycles. The molecule has 0 aliphatic rings. The van der Waals surface area contributed by atoms with E-state index in [4.69, 9.17) is 16.6 Å². The molecule has 1 heterocycles. The van der Waals surface area contributed by atoms with Gasteiger partial charge in [-0.05, 0) is 30.2 Å². The molecule has 108 valence electrons. The van der Waals surface area contributed by atoms with E-state index in [1.807, 2.05) is 24.3 Å². The Hall–Kier alpha value is -1.80. The van der Waals surface area contributed by atoms with E-state index in [2.05, 4.69) is 42.7 Å². The summed E-state index contributed by atoms with van der Waals surface area (Å²) < 4.78 is 2.31. The monoisotopic (exact) mass is 298 g/mol. The molecule has 0 saturated carbocycles. The third kappa shape index (κ3) is 2.81. The van der Waals surface area contributed by atoms with Crippen LogP contribution in [0.3, 0.4) is 0 Å². The molecule has 0 radical (unpaired) electrons. The third-order valence-corrected chi connectivity index (χ3v) is 4.16. The lowest BCUT2D eigenvalue weighted by atomic mass is 10.1. The first-order valence-electron chi connectivity index (χ1n) is 7.40. The van der Waals surface area contributed by atoms with Crippen molar-refractivity contribution in [1.82, 2.24) is 9.55 Å². The standard InChI is InChI=1S/C18H19ClN2/c1-3-13(2)12-21-17-10-5-4-9-16(17)20-18(21)14-7-6-8-15(19)11-14/h4-11,13H,3,12H2,1-2H3. The van der Waals surface area contributed by atoms with Gasteiger partial charge in [-0.15, -0.1) is 0 Å². The number of hydrogen-bond acceptors (Lipinski definition) is 1. The molecule has 1 atom stereocenters. The maximum absolute atomic E-state index is 6.14. The Labute approximate surface area is 130 Å². The predicted molar refractivity (Wildman–Crippen MR) is 89.6 cm³/mol. The van der Waals surface area contributed by atoms with Gasteiger partial charge in [-0.25, -0.2) is 4.98 Å². The molecule has 3 rings (SSSR count). The normalized spacial score (nSPS) is 12.7. The second kappa shape index (κ2) is 5.90. The highest BCUT2D eigenvalue weighted by Crippen LogP contribution is 2.27. The van der Waals surface area contributed by atoms with E-state index in [-0.39, 0.29) is 0 Å². The van der Waals surface area contributed by atoms with Crippen molar-refractivity contribution in [1.29, 1.82) is 0 Å². The summed E-state index contributed by atoms with van der Waals surface area (Å²) in [5.41, 5.74) is 3.30. The minimum atomic E-state index is 0.612. The van der Waals surface area contributed by atoms with Gasteiger partial charge in [0, 0.05) is 17.1 Å². The molecule has 0 amide bonds. The molecule has 0 fully saturated rings. The SMILES string of the molecule is CCC(C)Cn1c(-c2cccc(Cl)c2)nc2ccccc21. The van der Waals surface area contributed by atoms with Gasteiger partial charge in [0.25, 0.3) is 0 Å². The van der Waals surface area contributed by atoms with Gasteiger partial charge in [0.1, 0.15) is 5.82 Å². The largest absolute Gasteiger partial charge is 0.324 e. The van der Waals surface area contributed by atoms with E-state index in [1.54, 1.807) is 0 Å². The Balaban J connectivity index is 2.18. The molecule has 21 heavy (non-hydrogen) atoms. The molecule has 3 aromatic rings. The van der Waals surface area contributed by atoms with Crippen LogP contribution in [0, 0.1) is 5.92 Å². The van der Waals surface area contributed by atoms with Crippen molar-refractivity contribution >= 4 is 22.6 Å². The highest BCUT2D eigenvalue weighted by atomic mass is 35.5. The Morgan fingerprint density at radius 1 is 1.14 bits per heavy atom. The lowest BCUT2D eigenvalue weighted by molar-refractivity contribution is 0.479. The van der Waals surface area contributed by atoms with Crippen LogP contribution in [0.15, 0.2) is 48.5 Å². The lowest BCUT2D eigenvalue weighted by Gasteiger charge is -2.14. The van der Waals surface area contributed by atoms with Crippen molar-refractivity contribution in [2.24, 2.45) is 5.92 Å². The molecule has 2 nitrogen and oxygen atoms in total. The number of imidazole rings is 1. The number of nitrogens with zero attached hydrogens (tertiary/aromatic N) is 2. The number of benzene rings is 2. The molecular formula is C18H19ClN2. The second-order valence-electron chi connectivity index (χ2n) is 5.56. The van der Waals surface area contributed by atoms with E-state index in [9.17, 15) is 0 Å². The van der Waals surface area contributed by atoms with Crippen LogP contribution in [0.4, 0.5) is 0 Å². The van der Waals surface area contributed by atoms with Crippen LogP contribution in [0.2, 0.25) is 5.02 Å². The number of rotatable bonds is 4. The number of halogens is 1. The predicted octanol–water partition coefficient (Wildman–Crippen LogP) is 5.40. The fourth-order valence-electron chi connectivity index (χ4n) is 2.55. The van der Waals surface area contributed by atoms with Crippen LogP contribution in [0.1, 0.15) is 20.3 Å².